The van der Waals surface area contributed by atoms with Gasteiger partial charge in [-0.15, -0.1) is 0 Å². The SMILES string of the molecule is CC(C)(C)CN(CCC(=O)NNC(=O)c1cccnc1Nc1ccc(C(F)(F)F)cc1)C(=O)O. The second-order valence-corrected chi connectivity index (χ2v) is 8.62. The molecular weight excluding hydrogens is 455 g/mol. The number of carbonyl (C=O) groups is 3. The van der Waals surface area contributed by atoms with E-state index in [0.717, 1.165) is 17.0 Å². The summed E-state index contributed by atoms with van der Waals surface area (Å²) in [5, 5.41) is 12.0. The maximum absolute atomic E-state index is 12.7. The third kappa shape index (κ3) is 8.26. The van der Waals surface area contributed by atoms with Gasteiger partial charge in [-0.3, -0.25) is 20.4 Å². The van der Waals surface area contributed by atoms with Crippen molar-refractivity contribution in [2.24, 2.45) is 5.41 Å². The van der Waals surface area contributed by atoms with E-state index in [4.69, 9.17) is 0 Å². The van der Waals surface area contributed by atoms with Gasteiger partial charge in [0.1, 0.15) is 5.82 Å². The van der Waals surface area contributed by atoms with Crippen molar-refractivity contribution in [3.8, 4) is 0 Å². The summed E-state index contributed by atoms with van der Waals surface area (Å²) in [5.41, 5.74) is 3.63. The van der Waals surface area contributed by atoms with Gasteiger partial charge in [-0.1, -0.05) is 20.8 Å². The third-order valence-corrected chi connectivity index (χ3v) is 4.39. The summed E-state index contributed by atoms with van der Waals surface area (Å²) >= 11 is 0. The van der Waals surface area contributed by atoms with Crippen molar-refractivity contribution in [1.82, 2.24) is 20.7 Å². The van der Waals surface area contributed by atoms with Gasteiger partial charge in [0.25, 0.3) is 5.91 Å². The number of carboxylic acid groups (broad SMARTS) is 1. The number of alkyl halides is 3. The van der Waals surface area contributed by atoms with Crippen LogP contribution in [0.25, 0.3) is 0 Å². The Balaban J connectivity index is 1.97. The van der Waals surface area contributed by atoms with Crippen molar-refractivity contribution in [2.45, 2.75) is 33.4 Å². The van der Waals surface area contributed by atoms with Crippen molar-refractivity contribution >= 4 is 29.4 Å². The van der Waals surface area contributed by atoms with Crippen LogP contribution in [0.3, 0.4) is 0 Å². The molecule has 4 N–H and O–H groups in total. The molecule has 0 atom stereocenters. The average Bonchev–Trinajstić information content (AvgIpc) is 2.74. The molecule has 0 unspecified atom stereocenters. The average molecular weight is 481 g/mol. The number of benzene rings is 1. The van der Waals surface area contributed by atoms with Gasteiger partial charge in [-0.25, -0.2) is 9.78 Å². The van der Waals surface area contributed by atoms with Crippen molar-refractivity contribution < 1.29 is 32.7 Å². The fourth-order valence-electron chi connectivity index (χ4n) is 2.88. The Morgan fingerprint density at radius 2 is 1.68 bits per heavy atom. The number of nitrogens with one attached hydrogen (secondary N) is 3. The van der Waals surface area contributed by atoms with Gasteiger partial charge >= 0.3 is 12.3 Å². The van der Waals surface area contributed by atoms with Gasteiger partial charge in [0.05, 0.1) is 11.1 Å². The molecular formula is C22H26F3N5O4. The zero-order chi connectivity index (χ0) is 25.5. The summed E-state index contributed by atoms with van der Waals surface area (Å²) in [6.07, 6.45) is -4.41. The van der Waals surface area contributed by atoms with Gasteiger partial charge < -0.3 is 15.3 Å². The number of aromatic nitrogens is 1. The molecule has 1 aromatic carbocycles. The molecule has 0 radical (unpaired) electrons. The molecule has 0 saturated heterocycles. The first-order chi connectivity index (χ1) is 15.8. The third-order valence-electron chi connectivity index (χ3n) is 4.39. The summed E-state index contributed by atoms with van der Waals surface area (Å²) in [7, 11) is 0. The van der Waals surface area contributed by atoms with Crippen LogP contribution < -0.4 is 16.2 Å². The first-order valence-corrected chi connectivity index (χ1v) is 10.2. The van der Waals surface area contributed by atoms with Gasteiger partial charge in [-0.2, -0.15) is 13.2 Å². The number of hydrogen-bond acceptors (Lipinski definition) is 5. The quantitative estimate of drug-likeness (QED) is 0.443. The van der Waals surface area contributed by atoms with Gasteiger partial charge in [0, 0.05) is 31.4 Å². The van der Waals surface area contributed by atoms with Crippen molar-refractivity contribution in [1.29, 1.82) is 0 Å². The van der Waals surface area contributed by atoms with Crippen LogP contribution in [-0.4, -0.2) is 46.0 Å². The summed E-state index contributed by atoms with van der Waals surface area (Å²) in [5.74, 6) is -1.26. The number of hydrazine groups is 1. The summed E-state index contributed by atoms with van der Waals surface area (Å²) in [6, 6.07) is 7.08. The Morgan fingerprint density at radius 3 is 2.24 bits per heavy atom. The molecule has 0 bridgehead atoms. The van der Waals surface area contributed by atoms with Crippen LogP contribution in [0, 0.1) is 5.41 Å². The lowest BCUT2D eigenvalue weighted by Crippen LogP contribution is -2.44. The number of hydrogen-bond donors (Lipinski definition) is 4. The van der Waals surface area contributed by atoms with Crippen LogP contribution in [0.5, 0.6) is 0 Å². The summed E-state index contributed by atoms with van der Waals surface area (Å²) < 4.78 is 38.2. The van der Waals surface area contributed by atoms with Crippen molar-refractivity contribution in [3.05, 3.63) is 53.7 Å². The van der Waals surface area contributed by atoms with Crippen LogP contribution in [0.4, 0.5) is 29.5 Å². The Labute approximate surface area is 194 Å². The maximum atomic E-state index is 12.7. The van der Waals surface area contributed by atoms with Crippen LogP contribution >= 0.6 is 0 Å². The molecule has 0 aliphatic heterocycles. The number of pyridine rings is 1. The number of amides is 3. The van der Waals surface area contributed by atoms with Crippen LogP contribution in [0.1, 0.15) is 43.1 Å². The molecule has 0 fully saturated rings. The highest BCUT2D eigenvalue weighted by molar-refractivity contribution is 6.00. The van der Waals surface area contributed by atoms with Gasteiger partial charge in [0.15, 0.2) is 0 Å². The number of carbonyl (C=O) groups excluding carboxylic acids is 2. The predicted molar refractivity (Wildman–Crippen MR) is 118 cm³/mol. The molecule has 9 nitrogen and oxygen atoms in total. The molecule has 34 heavy (non-hydrogen) atoms. The molecule has 0 saturated carbocycles. The molecule has 2 rings (SSSR count). The Bertz CT molecular complexity index is 1020. The standard InChI is InChI=1S/C22H26F3N5O4/c1-21(2,3)13-30(20(33)34)12-10-17(31)28-29-19(32)16-5-4-11-26-18(16)27-15-8-6-14(7-9-15)22(23,24)25/h4-9,11H,10,12-13H2,1-3H3,(H,26,27)(H,28,31)(H,29,32)(H,33,34). The zero-order valence-electron chi connectivity index (χ0n) is 18.9. The minimum absolute atomic E-state index is 0.0302. The molecule has 3 amide bonds. The largest absolute Gasteiger partial charge is 0.465 e. The monoisotopic (exact) mass is 481 g/mol. The lowest BCUT2D eigenvalue weighted by atomic mass is 9.96. The van der Waals surface area contributed by atoms with Gasteiger partial charge in [0.2, 0.25) is 5.91 Å². The fourth-order valence-corrected chi connectivity index (χ4v) is 2.88. The second-order valence-electron chi connectivity index (χ2n) is 8.62. The molecule has 2 aromatic rings. The molecule has 0 aliphatic rings. The van der Waals surface area contributed by atoms with Crippen LogP contribution in [0.15, 0.2) is 42.6 Å². The molecule has 1 heterocycles. The normalized spacial score (nSPS) is 11.5. The van der Waals surface area contributed by atoms with E-state index in [9.17, 15) is 32.7 Å². The summed E-state index contributed by atoms with van der Waals surface area (Å²) in [6.45, 7) is 5.78. The smallest absolute Gasteiger partial charge is 0.416 e. The molecule has 184 valence electrons. The lowest BCUT2D eigenvalue weighted by molar-refractivity contribution is -0.137. The van der Waals surface area contributed by atoms with Crippen molar-refractivity contribution in [3.63, 3.8) is 0 Å². The van der Waals surface area contributed by atoms with E-state index in [-0.39, 0.29) is 42.0 Å². The second kappa shape index (κ2) is 10.9. The molecule has 12 heteroatoms. The number of anilines is 2. The van der Waals surface area contributed by atoms with E-state index in [0.29, 0.717) is 0 Å². The zero-order valence-corrected chi connectivity index (χ0v) is 18.9. The first-order valence-electron chi connectivity index (χ1n) is 10.2. The lowest BCUT2D eigenvalue weighted by Gasteiger charge is -2.27. The molecule has 0 spiro atoms. The highest BCUT2D eigenvalue weighted by Gasteiger charge is 2.30. The minimum Gasteiger partial charge on any atom is -0.465 e. The highest BCUT2D eigenvalue weighted by Crippen LogP contribution is 2.30. The highest BCUT2D eigenvalue weighted by atomic mass is 19.4. The number of halogens is 3. The fraction of sp³-hybridized carbons (Fsp3) is 0.364. The van der Waals surface area contributed by atoms with E-state index in [1.54, 1.807) is 0 Å². The number of nitrogens with zero attached hydrogens (tertiary/aromatic N) is 2. The maximum Gasteiger partial charge on any atom is 0.416 e. The topological polar surface area (TPSA) is 124 Å². The van der Waals surface area contributed by atoms with Crippen LogP contribution in [0.2, 0.25) is 0 Å². The number of rotatable bonds is 7. The molecule has 1 aromatic heterocycles. The predicted octanol–water partition coefficient (Wildman–Crippen LogP) is 4.02. The van der Waals surface area contributed by atoms with E-state index in [2.05, 4.69) is 21.2 Å². The molecule has 0 aliphatic carbocycles. The first kappa shape index (κ1) is 26.4. The minimum atomic E-state index is -4.47. The van der Waals surface area contributed by atoms with E-state index in [1.165, 1.54) is 30.5 Å². The van der Waals surface area contributed by atoms with E-state index >= 15 is 0 Å². The van der Waals surface area contributed by atoms with E-state index in [1.807, 2.05) is 20.8 Å². The van der Waals surface area contributed by atoms with Crippen molar-refractivity contribution in [2.75, 3.05) is 18.4 Å². The summed E-state index contributed by atoms with van der Waals surface area (Å²) in [4.78, 5) is 41.1. The Hall–Kier alpha value is -3.83. The van der Waals surface area contributed by atoms with Gasteiger partial charge in [-0.05, 0) is 41.8 Å². The van der Waals surface area contributed by atoms with Crippen LogP contribution in [-0.2, 0) is 11.0 Å². The Kier molecular flexibility index (Phi) is 8.44. The Morgan fingerprint density at radius 1 is 1.03 bits per heavy atom. The van der Waals surface area contributed by atoms with E-state index < -0.39 is 29.6 Å².